The Balaban J connectivity index is 1.50. The van der Waals surface area contributed by atoms with Crippen LogP contribution in [0.25, 0.3) is 0 Å². The van der Waals surface area contributed by atoms with E-state index >= 15 is 0 Å². The third kappa shape index (κ3) is 3.46. The number of Topliss-reactive ketones (excluding diaryl/α,β-unsaturated/α-hetero) is 2. The lowest BCUT2D eigenvalue weighted by Gasteiger charge is -2.70. The minimum Gasteiger partial charge on any atom is -0.456 e. The maximum Gasteiger partial charge on any atom is 0.303 e. The van der Waals surface area contributed by atoms with Gasteiger partial charge in [-0.25, -0.2) is 0 Å². The lowest BCUT2D eigenvalue weighted by molar-refractivity contribution is -0.249. The second kappa shape index (κ2) is 8.20. The molecule has 0 bridgehead atoms. The van der Waals surface area contributed by atoms with Gasteiger partial charge in [-0.2, -0.15) is 0 Å². The highest BCUT2D eigenvalue weighted by Crippen LogP contribution is 2.80. The summed E-state index contributed by atoms with van der Waals surface area (Å²) in [6, 6.07) is 0. The van der Waals surface area contributed by atoms with Gasteiger partial charge in [0.2, 0.25) is 0 Å². The van der Waals surface area contributed by atoms with Gasteiger partial charge in [-0.1, -0.05) is 25.5 Å². The zero-order chi connectivity index (χ0) is 29.1. The number of aliphatic hydroxyl groups excluding tert-OH is 2. The Morgan fingerprint density at radius 2 is 1.77 bits per heavy atom. The van der Waals surface area contributed by atoms with Crippen LogP contribution in [0.15, 0.2) is 23.8 Å². The molecule has 0 aliphatic heterocycles. The molecule has 0 aromatic rings. The summed E-state index contributed by atoms with van der Waals surface area (Å²) in [7, 11) is 0. The quantitative estimate of drug-likeness (QED) is 0.280. The summed E-state index contributed by atoms with van der Waals surface area (Å²) < 4.78 is 5.22. The number of allylic oxidation sites excluding steroid dienone is 2. The molecule has 3 unspecified atom stereocenters. The second-order valence-electron chi connectivity index (χ2n) is 14.4. The van der Waals surface area contributed by atoms with Gasteiger partial charge in [0.15, 0.2) is 11.6 Å². The largest absolute Gasteiger partial charge is 0.456 e. The number of ether oxygens (including phenoxy) is 1. The van der Waals surface area contributed by atoms with E-state index in [1.165, 1.54) is 19.1 Å². The molecule has 0 aromatic carbocycles. The molecule has 9 atom stereocenters. The standard InChI is InChI=1S/C31H42O8/c1-16(32)39-26(2,3)11-10-22(35)31(38)15-30-14-23(36)29(7)18-12-19(33)25(37)27(4,5)17(18)8-9-21(29)28(30,6)13-20(34)24(30)31/h8,10-11,18-21,24,33-34,38H,9,12-15H2,1-7H3/b11-10+/t18?,19-,20+,21?,24?,28-,29-,30-,31-/m0/s1. The molecule has 5 aliphatic rings. The van der Waals surface area contributed by atoms with E-state index in [0.29, 0.717) is 12.8 Å². The molecule has 3 N–H and O–H groups in total. The molecule has 0 radical (unpaired) electrons. The van der Waals surface area contributed by atoms with Crippen LogP contribution in [0.3, 0.4) is 0 Å². The predicted molar refractivity (Wildman–Crippen MR) is 141 cm³/mol. The highest BCUT2D eigenvalue weighted by Gasteiger charge is 2.82. The Hall–Kier alpha value is -2.16. The van der Waals surface area contributed by atoms with E-state index in [0.717, 1.165) is 5.57 Å². The normalized spacial score (nSPS) is 46.4. The molecule has 39 heavy (non-hydrogen) atoms. The van der Waals surface area contributed by atoms with Crippen molar-refractivity contribution in [1.82, 2.24) is 0 Å². The Morgan fingerprint density at radius 3 is 2.38 bits per heavy atom. The van der Waals surface area contributed by atoms with Gasteiger partial charge in [-0.05, 0) is 88.2 Å². The van der Waals surface area contributed by atoms with Crippen LogP contribution in [0.5, 0.6) is 0 Å². The molecule has 1 spiro atoms. The van der Waals surface area contributed by atoms with Gasteiger partial charge < -0.3 is 20.1 Å². The van der Waals surface area contributed by atoms with Gasteiger partial charge in [0, 0.05) is 30.1 Å². The second-order valence-corrected chi connectivity index (χ2v) is 14.4. The van der Waals surface area contributed by atoms with Gasteiger partial charge in [0.25, 0.3) is 0 Å². The van der Waals surface area contributed by atoms with Crippen molar-refractivity contribution in [3.63, 3.8) is 0 Å². The smallest absolute Gasteiger partial charge is 0.303 e. The van der Waals surface area contributed by atoms with Crippen molar-refractivity contribution in [2.45, 2.75) is 104 Å². The van der Waals surface area contributed by atoms with E-state index in [1.54, 1.807) is 13.8 Å². The molecule has 8 nitrogen and oxygen atoms in total. The Morgan fingerprint density at radius 1 is 1.13 bits per heavy atom. The van der Waals surface area contributed by atoms with Crippen molar-refractivity contribution in [3.05, 3.63) is 23.8 Å². The first-order valence-corrected chi connectivity index (χ1v) is 14.1. The van der Waals surface area contributed by atoms with Crippen LogP contribution in [0, 0.1) is 39.4 Å². The van der Waals surface area contributed by atoms with Gasteiger partial charge in [0.1, 0.15) is 23.1 Å². The van der Waals surface area contributed by atoms with Crippen LogP contribution < -0.4 is 0 Å². The van der Waals surface area contributed by atoms with Gasteiger partial charge in [-0.3, -0.25) is 19.2 Å². The van der Waals surface area contributed by atoms with Crippen molar-refractivity contribution in [2.24, 2.45) is 39.4 Å². The van der Waals surface area contributed by atoms with Gasteiger partial charge >= 0.3 is 5.97 Å². The van der Waals surface area contributed by atoms with Crippen molar-refractivity contribution in [2.75, 3.05) is 0 Å². The molecule has 4 saturated carbocycles. The van der Waals surface area contributed by atoms with Crippen LogP contribution in [-0.2, 0) is 23.9 Å². The van der Waals surface area contributed by atoms with E-state index in [9.17, 15) is 34.5 Å². The third-order valence-electron chi connectivity index (χ3n) is 11.7. The fourth-order valence-corrected chi connectivity index (χ4v) is 9.89. The Labute approximate surface area is 229 Å². The summed E-state index contributed by atoms with van der Waals surface area (Å²) in [5.41, 5.74) is -4.91. The molecular formula is C31H42O8. The SMILES string of the molecule is CC(=O)OC(C)(C)/C=C/C(=O)[C@@]1(O)C[C@]23CC(=O)[C@@]4(C)C5C[C@H](O)C(=O)C(C)(C)C5=CCC4[C@]2(C)C[C@@H](O)C31. The minimum atomic E-state index is -1.82. The molecule has 0 amide bonds. The molecule has 0 saturated heterocycles. The zero-order valence-electron chi connectivity index (χ0n) is 24.0. The molecule has 4 fully saturated rings. The van der Waals surface area contributed by atoms with E-state index in [-0.39, 0.29) is 42.7 Å². The van der Waals surface area contributed by atoms with Crippen LogP contribution in [-0.4, -0.2) is 62.0 Å². The number of esters is 1. The summed E-state index contributed by atoms with van der Waals surface area (Å²) in [6.45, 7) is 12.2. The summed E-state index contributed by atoms with van der Waals surface area (Å²) >= 11 is 0. The first kappa shape index (κ1) is 28.4. The van der Waals surface area contributed by atoms with Crippen LogP contribution in [0.4, 0.5) is 0 Å². The number of carbonyl (C=O) groups is 4. The summed E-state index contributed by atoms with van der Waals surface area (Å²) in [6.07, 6.45) is 3.95. The minimum absolute atomic E-state index is 0.0121. The maximum absolute atomic E-state index is 14.2. The summed E-state index contributed by atoms with van der Waals surface area (Å²) in [5.74, 6) is -2.52. The van der Waals surface area contributed by atoms with Crippen LogP contribution in [0.1, 0.15) is 80.6 Å². The fraction of sp³-hybridized carbons (Fsp3) is 0.742. The Bertz CT molecular complexity index is 1230. The maximum atomic E-state index is 14.2. The lowest BCUT2D eigenvalue weighted by atomic mass is 9.33. The number of hydrogen-bond donors (Lipinski definition) is 3. The molecular weight excluding hydrogens is 500 g/mol. The number of ketones is 3. The van der Waals surface area contributed by atoms with E-state index in [1.807, 2.05) is 20.8 Å². The van der Waals surface area contributed by atoms with Gasteiger partial charge in [0.05, 0.1) is 6.10 Å². The molecule has 8 heteroatoms. The van der Waals surface area contributed by atoms with Crippen LogP contribution >= 0.6 is 0 Å². The first-order chi connectivity index (χ1) is 17.8. The molecule has 214 valence electrons. The van der Waals surface area contributed by atoms with E-state index < -0.39 is 62.7 Å². The number of fused-ring (bicyclic) bond motifs is 4. The van der Waals surface area contributed by atoms with E-state index in [2.05, 4.69) is 13.0 Å². The topological polar surface area (TPSA) is 138 Å². The lowest BCUT2D eigenvalue weighted by Crippen LogP contribution is -2.73. The molecule has 5 aliphatic carbocycles. The van der Waals surface area contributed by atoms with Crippen molar-refractivity contribution in [3.8, 4) is 0 Å². The number of aliphatic hydroxyl groups is 3. The molecule has 0 aromatic heterocycles. The van der Waals surface area contributed by atoms with E-state index in [4.69, 9.17) is 4.74 Å². The highest BCUT2D eigenvalue weighted by atomic mass is 16.6. The molecule has 5 rings (SSSR count). The average Bonchev–Trinajstić information content (AvgIpc) is 2.97. The van der Waals surface area contributed by atoms with Crippen molar-refractivity contribution < 1.29 is 39.2 Å². The fourth-order valence-electron chi connectivity index (χ4n) is 9.89. The first-order valence-electron chi connectivity index (χ1n) is 14.1. The summed E-state index contributed by atoms with van der Waals surface area (Å²) in [5, 5.41) is 33.7. The Kier molecular flexibility index (Phi) is 5.96. The highest BCUT2D eigenvalue weighted by molar-refractivity contribution is 6.00. The van der Waals surface area contributed by atoms with Crippen LogP contribution in [0.2, 0.25) is 0 Å². The number of rotatable bonds is 4. The third-order valence-corrected chi connectivity index (χ3v) is 11.7. The van der Waals surface area contributed by atoms with Gasteiger partial charge in [-0.15, -0.1) is 0 Å². The number of hydrogen-bond acceptors (Lipinski definition) is 8. The average molecular weight is 543 g/mol. The zero-order valence-corrected chi connectivity index (χ0v) is 24.0. The summed E-state index contributed by atoms with van der Waals surface area (Å²) in [4.78, 5) is 51.8. The molecule has 0 heterocycles. The predicted octanol–water partition coefficient (Wildman–Crippen LogP) is 2.86. The van der Waals surface area contributed by atoms with Crippen molar-refractivity contribution in [1.29, 1.82) is 0 Å². The van der Waals surface area contributed by atoms with Crippen molar-refractivity contribution >= 4 is 23.3 Å². The number of carbonyl (C=O) groups excluding carboxylic acids is 4. The monoisotopic (exact) mass is 542 g/mol.